The van der Waals surface area contributed by atoms with Crippen molar-refractivity contribution in [1.29, 1.82) is 0 Å². The van der Waals surface area contributed by atoms with Crippen LogP contribution in [0.15, 0.2) is 30.5 Å². The van der Waals surface area contributed by atoms with E-state index in [2.05, 4.69) is 17.1 Å². The van der Waals surface area contributed by atoms with E-state index < -0.39 is 18.3 Å². The first kappa shape index (κ1) is 26.5. The van der Waals surface area contributed by atoms with E-state index in [1.54, 1.807) is 4.52 Å². The molecule has 1 unspecified atom stereocenters. The number of anilines is 2. The minimum Gasteiger partial charge on any atom is -0.356 e. The number of hydrogen-bond donors (Lipinski definition) is 1. The maximum atomic E-state index is 13.8. The van der Waals surface area contributed by atoms with Crippen LogP contribution in [0.5, 0.6) is 0 Å². The standard InChI is InChI=1S/C28H32ClF2N5O2/c1-3-17-10-11-35(15-17)27-16(2)14-36-24(33-27)13-23(34-36)19-6-4-5-7-20(19)25(37)21-12-18(29)8-9-22(21)32-28(38)26(30)31/h8-9,12-14,17,19-20,26H,3-7,10-11,15H2,1-2H3,(H,32,38)/t17-,19+,20?/m0/s1. The molecule has 0 spiro atoms. The van der Waals surface area contributed by atoms with Crippen LogP contribution in [0.3, 0.4) is 0 Å². The normalized spacial score (nSPS) is 21.8. The van der Waals surface area contributed by atoms with Gasteiger partial charge in [0.25, 0.3) is 5.91 Å². The van der Waals surface area contributed by atoms with Crippen LogP contribution in [0.25, 0.3) is 5.65 Å². The van der Waals surface area contributed by atoms with Crippen molar-refractivity contribution in [1.82, 2.24) is 14.6 Å². The topological polar surface area (TPSA) is 79.6 Å². The van der Waals surface area contributed by atoms with E-state index in [1.165, 1.54) is 24.6 Å². The number of carbonyl (C=O) groups is 2. The molecule has 202 valence electrons. The Morgan fingerprint density at radius 3 is 2.71 bits per heavy atom. The van der Waals surface area contributed by atoms with E-state index in [4.69, 9.17) is 21.7 Å². The van der Waals surface area contributed by atoms with Crippen molar-refractivity contribution in [2.45, 2.75) is 64.7 Å². The number of nitrogens with zero attached hydrogens (tertiary/aromatic N) is 4. The van der Waals surface area contributed by atoms with Gasteiger partial charge in [0.2, 0.25) is 0 Å². The summed E-state index contributed by atoms with van der Waals surface area (Å²) in [6.45, 7) is 6.27. The van der Waals surface area contributed by atoms with Crippen LogP contribution in [0.2, 0.25) is 5.02 Å². The molecule has 7 nitrogen and oxygen atoms in total. The first-order chi connectivity index (χ1) is 18.2. The predicted octanol–water partition coefficient (Wildman–Crippen LogP) is 6.29. The van der Waals surface area contributed by atoms with Crippen LogP contribution >= 0.6 is 11.6 Å². The third-order valence-corrected chi connectivity index (χ3v) is 8.21. The summed E-state index contributed by atoms with van der Waals surface area (Å²) in [5.41, 5.74) is 2.77. The van der Waals surface area contributed by atoms with Crippen molar-refractivity contribution < 1.29 is 18.4 Å². The molecule has 0 bridgehead atoms. The fourth-order valence-electron chi connectivity index (χ4n) is 5.89. The van der Waals surface area contributed by atoms with Crippen LogP contribution in [0.1, 0.15) is 73.0 Å². The summed E-state index contributed by atoms with van der Waals surface area (Å²) in [4.78, 5) is 32.8. The number of fused-ring (bicyclic) bond motifs is 1. The Balaban J connectivity index is 1.45. The van der Waals surface area contributed by atoms with Crippen molar-refractivity contribution >= 4 is 40.4 Å². The zero-order chi connectivity index (χ0) is 27.0. The Morgan fingerprint density at radius 2 is 1.97 bits per heavy atom. The number of alkyl halides is 2. The fraction of sp³-hybridized carbons (Fsp3) is 0.500. The number of aromatic nitrogens is 3. The van der Waals surface area contributed by atoms with Gasteiger partial charge < -0.3 is 10.2 Å². The second kappa shape index (κ2) is 11.0. The minimum atomic E-state index is -3.19. The molecule has 1 saturated heterocycles. The summed E-state index contributed by atoms with van der Waals surface area (Å²) in [6, 6.07) is 6.27. The molecule has 3 atom stereocenters. The number of benzene rings is 1. The third kappa shape index (κ3) is 5.25. The lowest BCUT2D eigenvalue weighted by molar-refractivity contribution is -0.126. The van der Waals surface area contributed by atoms with Gasteiger partial charge in [-0.1, -0.05) is 37.8 Å². The fourth-order valence-corrected chi connectivity index (χ4v) is 6.07. The Morgan fingerprint density at radius 1 is 1.18 bits per heavy atom. The molecule has 2 fully saturated rings. The summed E-state index contributed by atoms with van der Waals surface area (Å²) >= 11 is 6.17. The zero-order valence-electron chi connectivity index (χ0n) is 21.6. The van der Waals surface area contributed by atoms with E-state index in [-0.39, 0.29) is 23.0 Å². The van der Waals surface area contributed by atoms with Crippen molar-refractivity contribution in [3.05, 3.63) is 52.3 Å². The number of halogens is 3. The van der Waals surface area contributed by atoms with Crippen molar-refractivity contribution in [3.63, 3.8) is 0 Å². The van der Waals surface area contributed by atoms with Gasteiger partial charge in [-0.05, 0) is 50.3 Å². The largest absolute Gasteiger partial charge is 0.356 e. The summed E-state index contributed by atoms with van der Waals surface area (Å²) < 4.78 is 27.6. The Hall–Kier alpha value is -3.07. The summed E-state index contributed by atoms with van der Waals surface area (Å²) in [6.07, 6.45) is 4.36. The Bertz CT molecular complexity index is 1360. The van der Waals surface area contributed by atoms with Gasteiger partial charge in [0.05, 0.1) is 11.4 Å². The van der Waals surface area contributed by atoms with Crippen molar-refractivity contribution in [3.8, 4) is 0 Å². The molecule has 1 amide bonds. The monoisotopic (exact) mass is 543 g/mol. The smallest absolute Gasteiger partial charge is 0.315 e. The van der Waals surface area contributed by atoms with Gasteiger partial charge >= 0.3 is 6.43 Å². The van der Waals surface area contributed by atoms with E-state index in [0.717, 1.165) is 61.5 Å². The van der Waals surface area contributed by atoms with Crippen LogP contribution in [-0.2, 0) is 4.79 Å². The first-order valence-corrected chi connectivity index (χ1v) is 13.7. The number of hydrogen-bond acceptors (Lipinski definition) is 5. The number of aryl methyl sites for hydroxylation is 1. The lowest BCUT2D eigenvalue weighted by atomic mass is 9.74. The lowest BCUT2D eigenvalue weighted by Crippen LogP contribution is -2.28. The molecular weight excluding hydrogens is 512 g/mol. The predicted molar refractivity (Wildman–Crippen MR) is 143 cm³/mol. The summed E-state index contributed by atoms with van der Waals surface area (Å²) in [5.74, 6) is -0.596. The highest BCUT2D eigenvalue weighted by molar-refractivity contribution is 6.31. The zero-order valence-corrected chi connectivity index (χ0v) is 22.3. The molecule has 2 aliphatic rings. The van der Waals surface area contributed by atoms with Gasteiger partial charge in [-0.15, -0.1) is 0 Å². The minimum absolute atomic E-state index is 0.0435. The van der Waals surface area contributed by atoms with Crippen molar-refractivity contribution in [2.75, 3.05) is 23.3 Å². The van der Waals surface area contributed by atoms with E-state index in [9.17, 15) is 18.4 Å². The number of nitrogens with one attached hydrogen (secondary N) is 1. The number of rotatable bonds is 7. The van der Waals surface area contributed by atoms with Gasteiger partial charge in [-0.2, -0.15) is 13.9 Å². The van der Waals surface area contributed by atoms with Gasteiger partial charge in [0, 0.05) is 53.3 Å². The molecule has 1 N–H and O–H groups in total. The molecule has 5 rings (SSSR count). The van der Waals surface area contributed by atoms with Crippen LogP contribution < -0.4 is 10.2 Å². The highest BCUT2D eigenvalue weighted by Crippen LogP contribution is 2.41. The number of carbonyl (C=O) groups excluding carboxylic acids is 2. The van der Waals surface area contributed by atoms with Crippen molar-refractivity contribution in [2.24, 2.45) is 11.8 Å². The van der Waals surface area contributed by atoms with Gasteiger partial charge in [0.1, 0.15) is 5.82 Å². The SMILES string of the molecule is CC[C@H]1CCN(c2nc3cc([C@@H]4CCCCC4C(=O)c4cc(Cl)ccc4NC(=O)C(F)F)nn3cc2C)C1. The quantitative estimate of drug-likeness (QED) is 0.354. The second-order valence-electron chi connectivity index (χ2n) is 10.5. The maximum absolute atomic E-state index is 13.8. The average molecular weight is 544 g/mol. The lowest BCUT2D eigenvalue weighted by Gasteiger charge is -2.29. The third-order valence-electron chi connectivity index (χ3n) is 7.97. The summed E-state index contributed by atoms with van der Waals surface area (Å²) in [7, 11) is 0. The Kier molecular flexibility index (Phi) is 7.66. The average Bonchev–Trinajstić information content (AvgIpc) is 3.55. The van der Waals surface area contributed by atoms with Gasteiger partial charge in [-0.3, -0.25) is 9.59 Å². The molecule has 2 aromatic heterocycles. The molecule has 1 saturated carbocycles. The molecule has 0 radical (unpaired) electrons. The van der Waals surface area contributed by atoms with E-state index in [1.807, 2.05) is 19.2 Å². The molecule has 1 aliphatic heterocycles. The highest BCUT2D eigenvalue weighted by atomic mass is 35.5. The van der Waals surface area contributed by atoms with Crippen LogP contribution in [0.4, 0.5) is 20.3 Å². The van der Waals surface area contributed by atoms with E-state index in [0.29, 0.717) is 17.4 Å². The molecule has 1 aliphatic carbocycles. The van der Waals surface area contributed by atoms with Gasteiger partial charge in [0.15, 0.2) is 11.4 Å². The van der Waals surface area contributed by atoms with Crippen LogP contribution in [-0.4, -0.2) is 45.8 Å². The Labute approximate surface area is 225 Å². The molecule has 3 heterocycles. The molecular formula is C28H32ClF2N5O2. The first-order valence-electron chi connectivity index (χ1n) is 13.3. The van der Waals surface area contributed by atoms with Crippen LogP contribution in [0, 0.1) is 18.8 Å². The summed E-state index contributed by atoms with van der Waals surface area (Å²) in [5, 5.41) is 7.29. The van der Waals surface area contributed by atoms with E-state index >= 15 is 0 Å². The van der Waals surface area contributed by atoms with Gasteiger partial charge in [-0.25, -0.2) is 9.50 Å². The maximum Gasteiger partial charge on any atom is 0.315 e. The number of ketones is 1. The second-order valence-corrected chi connectivity index (χ2v) is 10.9. The molecule has 1 aromatic carbocycles. The molecule has 10 heteroatoms. The molecule has 38 heavy (non-hydrogen) atoms. The molecule has 3 aromatic rings. The highest BCUT2D eigenvalue weighted by Gasteiger charge is 2.36. The number of amides is 1. The number of Topliss-reactive ketones (excluding diaryl/α,β-unsaturated/α-hetero) is 1.